The van der Waals surface area contributed by atoms with Crippen molar-refractivity contribution in [3.63, 3.8) is 0 Å². The lowest BCUT2D eigenvalue weighted by molar-refractivity contribution is 0.346. The van der Waals surface area contributed by atoms with Gasteiger partial charge in [0.2, 0.25) is 15.8 Å². The number of halogens is 5. The van der Waals surface area contributed by atoms with E-state index in [1.807, 2.05) is 0 Å². The molecule has 0 amide bonds. The summed E-state index contributed by atoms with van der Waals surface area (Å²) in [5, 5.41) is 0.606. The van der Waals surface area contributed by atoms with Crippen LogP contribution >= 0.6 is 0 Å². The molecule has 0 saturated heterocycles. The number of sulfonamides is 1. The van der Waals surface area contributed by atoms with Gasteiger partial charge in [-0.2, -0.15) is 4.31 Å². The van der Waals surface area contributed by atoms with Crippen molar-refractivity contribution in [1.82, 2.24) is 14.3 Å². The molecule has 11 heteroatoms. The van der Waals surface area contributed by atoms with Crippen molar-refractivity contribution in [2.24, 2.45) is 0 Å². The molecule has 1 aliphatic rings. The Morgan fingerprint density at radius 2 is 1.59 bits per heavy atom. The molecule has 0 aliphatic heterocycles. The van der Waals surface area contributed by atoms with Gasteiger partial charge in [-0.25, -0.2) is 40.3 Å². The third-order valence-electron chi connectivity index (χ3n) is 4.60. The predicted molar refractivity (Wildman–Crippen MR) is 91.5 cm³/mol. The fraction of sp³-hybridized carbons (Fsp3) is 0.222. The van der Waals surface area contributed by atoms with Gasteiger partial charge in [0, 0.05) is 24.2 Å². The summed E-state index contributed by atoms with van der Waals surface area (Å²) in [7, 11) is -5.01. The van der Waals surface area contributed by atoms with Gasteiger partial charge in [-0.1, -0.05) is 6.07 Å². The van der Waals surface area contributed by atoms with E-state index in [1.54, 1.807) is 18.2 Å². The maximum absolute atomic E-state index is 14.1. The molecule has 29 heavy (non-hydrogen) atoms. The Morgan fingerprint density at radius 1 is 0.966 bits per heavy atom. The second-order valence-corrected chi connectivity index (χ2v) is 8.42. The molecule has 1 aliphatic carbocycles. The first-order chi connectivity index (χ1) is 13.7. The van der Waals surface area contributed by atoms with Crippen molar-refractivity contribution in [3.05, 3.63) is 65.4 Å². The van der Waals surface area contributed by atoms with E-state index < -0.39 is 50.0 Å². The van der Waals surface area contributed by atoms with Crippen LogP contribution in [0, 0.1) is 29.1 Å². The number of rotatable bonds is 5. The molecule has 2 aromatic carbocycles. The van der Waals surface area contributed by atoms with Crippen LogP contribution in [0.1, 0.15) is 18.4 Å². The van der Waals surface area contributed by atoms with Crippen molar-refractivity contribution < 1.29 is 30.4 Å². The average Bonchev–Trinajstić information content (AvgIpc) is 3.53. The van der Waals surface area contributed by atoms with Crippen molar-refractivity contribution in [2.45, 2.75) is 30.3 Å². The SMILES string of the molecule is O=S(=O)(c1c(F)c(F)c(F)c(F)c1F)N(Cc1ccc2ncncc2c1)C1CC1. The van der Waals surface area contributed by atoms with Gasteiger partial charge in [0.15, 0.2) is 28.2 Å². The molecule has 0 unspecified atom stereocenters. The predicted octanol–water partition coefficient (Wildman–Crippen LogP) is 3.68. The van der Waals surface area contributed by atoms with Gasteiger partial charge >= 0.3 is 0 Å². The maximum atomic E-state index is 14.1. The van der Waals surface area contributed by atoms with Gasteiger partial charge in [-0.3, -0.25) is 0 Å². The fourth-order valence-electron chi connectivity index (χ4n) is 3.01. The Balaban J connectivity index is 1.79. The molecule has 3 aromatic rings. The van der Waals surface area contributed by atoms with E-state index >= 15 is 0 Å². The Kier molecular flexibility index (Phi) is 4.74. The number of aromatic nitrogens is 2. The molecule has 0 spiro atoms. The van der Waals surface area contributed by atoms with Crippen molar-refractivity contribution in [1.29, 1.82) is 0 Å². The zero-order chi connectivity index (χ0) is 20.9. The van der Waals surface area contributed by atoms with Crippen LogP contribution in [0.5, 0.6) is 0 Å². The normalized spacial score (nSPS) is 14.7. The Morgan fingerprint density at radius 3 is 2.21 bits per heavy atom. The maximum Gasteiger partial charge on any atom is 0.249 e. The summed E-state index contributed by atoms with van der Waals surface area (Å²) in [5.41, 5.74) is 1.05. The zero-order valence-electron chi connectivity index (χ0n) is 14.5. The van der Waals surface area contributed by atoms with Crippen molar-refractivity contribution >= 4 is 20.9 Å². The molecule has 1 aromatic heterocycles. The number of nitrogens with zero attached hydrogens (tertiary/aromatic N) is 3. The second kappa shape index (κ2) is 6.99. The van der Waals surface area contributed by atoms with E-state index in [4.69, 9.17) is 0 Å². The fourth-order valence-corrected chi connectivity index (χ4v) is 4.80. The minimum Gasteiger partial charge on any atom is -0.244 e. The summed E-state index contributed by atoms with van der Waals surface area (Å²) in [6.07, 6.45) is 3.66. The molecule has 0 N–H and O–H groups in total. The summed E-state index contributed by atoms with van der Waals surface area (Å²) < 4.78 is 95.3. The van der Waals surface area contributed by atoms with Crippen LogP contribution in [0.25, 0.3) is 10.9 Å². The molecule has 4 rings (SSSR count). The summed E-state index contributed by atoms with van der Waals surface area (Å²) in [5.74, 6) is -11.8. The first kappa shape index (κ1) is 19.6. The van der Waals surface area contributed by atoms with Crippen LogP contribution in [-0.4, -0.2) is 28.7 Å². The van der Waals surface area contributed by atoms with E-state index in [2.05, 4.69) is 9.97 Å². The van der Waals surface area contributed by atoms with E-state index in [-0.39, 0.29) is 6.54 Å². The standard InChI is InChI=1S/C18H12F5N3O2S/c19-13-14(20)16(22)18(17(23)15(13)21)29(27,28)26(11-2-3-11)7-9-1-4-12-10(5-9)6-24-8-25-12/h1,4-6,8,11H,2-3,7H2. The molecule has 0 bridgehead atoms. The molecule has 152 valence electrons. The topological polar surface area (TPSA) is 63.2 Å². The first-order valence-corrected chi connectivity index (χ1v) is 9.87. The zero-order valence-corrected chi connectivity index (χ0v) is 15.4. The quantitative estimate of drug-likeness (QED) is 0.353. The number of fused-ring (bicyclic) bond motifs is 1. The molecular weight excluding hydrogens is 417 g/mol. The smallest absolute Gasteiger partial charge is 0.244 e. The van der Waals surface area contributed by atoms with Gasteiger partial charge < -0.3 is 0 Å². The number of benzene rings is 2. The molecule has 5 nitrogen and oxygen atoms in total. The van der Waals surface area contributed by atoms with Crippen LogP contribution in [0.4, 0.5) is 22.0 Å². The average molecular weight is 429 g/mol. The second-order valence-electron chi connectivity index (χ2n) is 6.60. The highest BCUT2D eigenvalue weighted by molar-refractivity contribution is 7.89. The van der Waals surface area contributed by atoms with Crippen LogP contribution in [0.15, 0.2) is 35.6 Å². The van der Waals surface area contributed by atoms with Gasteiger partial charge in [0.25, 0.3) is 0 Å². The van der Waals surface area contributed by atoms with Crippen LogP contribution in [0.3, 0.4) is 0 Å². The van der Waals surface area contributed by atoms with Gasteiger partial charge in [-0.05, 0) is 30.5 Å². The highest BCUT2D eigenvalue weighted by Gasteiger charge is 2.43. The Hall–Kier alpha value is -2.66. The van der Waals surface area contributed by atoms with Crippen molar-refractivity contribution in [2.75, 3.05) is 0 Å². The molecule has 1 fully saturated rings. The third-order valence-corrected chi connectivity index (χ3v) is 6.52. The van der Waals surface area contributed by atoms with E-state index in [0.717, 1.165) is 4.31 Å². The molecule has 0 radical (unpaired) electrons. The first-order valence-electron chi connectivity index (χ1n) is 8.43. The van der Waals surface area contributed by atoms with Gasteiger partial charge in [0.05, 0.1) is 5.52 Å². The van der Waals surface area contributed by atoms with E-state index in [0.29, 0.717) is 29.3 Å². The largest absolute Gasteiger partial charge is 0.249 e. The van der Waals surface area contributed by atoms with E-state index in [9.17, 15) is 30.4 Å². The summed E-state index contributed by atoms with van der Waals surface area (Å²) in [6, 6.07) is 4.18. The molecule has 1 heterocycles. The Bertz CT molecular complexity index is 1200. The molecule has 0 atom stereocenters. The number of hydrogen-bond donors (Lipinski definition) is 0. The van der Waals surface area contributed by atoms with Gasteiger partial charge in [-0.15, -0.1) is 0 Å². The molecule has 1 saturated carbocycles. The van der Waals surface area contributed by atoms with Crippen molar-refractivity contribution in [3.8, 4) is 0 Å². The van der Waals surface area contributed by atoms with Crippen LogP contribution in [-0.2, 0) is 16.6 Å². The van der Waals surface area contributed by atoms with Gasteiger partial charge in [0.1, 0.15) is 6.33 Å². The lowest BCUT2D eigenvalue weighted by atomic mass is 10.1. The Labute approximate surface area is 161 Å². The highest BCUT2D eigenvalue weighted by Crippen LogP contribution is 2.36. The minimum absolute atomic E-state index is 0.308. The third kappa shape index (κ3) is 3.33. The van der Waals surface area contributed by atoms with Crippen LogP contribution < -0.4 is 0 Å². The van der Waals surface area contributed by atoms with Crippen LogP contribution in [0.2, 0.25) is 0 Å². The highest BCUT2D eigenvalue weighted by atomic mass is 32.2. The summed E-state index contributed by atoms with van der Waals surface area (Å²) in [4.78, 5) is 6.06. The minimum atomic E-state index is -5.01. The summed E-state index contributed by atoms with van der Waals surface area (Å²) in [6.45, 7) is -0.308. The summed E-state index contributed by atoms with van der Waals surface area (Å²) >= 11 is 0. The molecular formula is C18H12F5N3O2S. The lowest BCUT2D eigenvalue weighted by Gasteiger charge is -2.23. The monoisotopic (exact) mass is 429 g/mol. The lowest BCUT2D eigenvalue weighted by Crippen LogP contribution is -2.34. The number of hydrogen-bond acceptors (Lipinski definition) is 4. The van der Waals surface area contributed by atoms with E-state index in [1.165, 1.54) is 12.5 Å².